The molecule has 0 saturated heterocycles. The Morgan fingerprint density at radius 3 is 1.86 bits per heavy atom. The molecule has 112 valence electrons. The van der Waals surface area contributed by atoms with E-state index in [9.17, 15) is 4.79 Å². The molecule has 2 rings (SSSR count). The SMILES string of the molecule is CC(=O)c1ccc(O)cc1O.CCc1ccc(O)cc1O. The molecule has 0 heterocycles. The van der Waals surface area contributed by atoms with Crippen LogP contribution in [0.1, 0.15) is 29.8 Å². The van der Waals surface area contributed by atoms with Crippen molar-refractivity contribution in [2.45, 2.75) is 20.3 Å². The highest BCUT2D eigenvalue weighted by atomic mass is 16.3. The van der Waals surface area contributed by atoms with Gasteiger partial charge in [0.25, 0.3) is 0 Å². The molecule has 0 aromatic heterocycles. The summed E-state index contributed by atoms with van der Waals surface area (Å²) in [5.74, 6) is -0.176. The number of ketones is 1. The Balaban J connectivity index is 0.000000211. The second kappa shape index (κ2) is 7.19. The highest BCUT2D eigenvalue weighted by Gasteiger charge is 2.05. The number of aromatic hydroxyl groups is 4. The van der Waals surface area contributed by atoms with Gasteiger partial charge in [-0.05, 0) is 37.1 Å². The van der Waals surface area contributed by atoms with Crippen LogP contribution in [0, 0.1) is 0 Å². The molecule has 5 nitrogen and oxygen atoms in total. The van der Waals surface area contributed by atoms with E-state index in [1.807, 2.05) is 6.92 Å². The predicted octanol–water partition coefficient (Wildman–Crippen LogP) is 2.96. The molecule has 0 saturated carbocycles. The first kappa shape index (κ1) is 16.4. The van der Waals surface area contributed by atoms with Gasteiger partial charge in [-0.15, -0.1) is 0 Å². The molecule has 0 unspecified atom stereocenters. The van der Waals surface area contributed by atoms with Crippen LogP contribution in [-0.4, -0.2) is 26.2 Å². The Kier molecular flexibility index (Phi) is 5.60. The maximum absolute atomic E-state index is 10.7. The molecule has 2 aromatic carbocycles. The van der Waals surface area contributed by atoms with Crippen LogP contribution < -0.4 is 0 Å². The van der Waals surface area contributed by atoms with Gasteiger partial charge in [-0.3, -0.25) is 4.79 Å². The minimum absolute atomic E-state index is 0.0486. The van der Waals surface area contributed by atoms with Crippen LogP contribution in [0.5, 0.6) is 23.0 Å². The summed E-state index contributed by atoms with van der Waals surface area (Å²) in [6.45, 7) is 3.30. The van der Waals surface area contributed by atoms with Crippen molar-refractivity contribution in [2.24, 2.45) is 0 Å². The first-order chi connectivity index (χ1) is 9.85. The monoisotopic (exact) mass is 290 g/mol. The van der Waals surface area contributed by atoms with Crippen LogP contribution >= 0.6 is 0 Å². The quantitative estimate of drug-likeness (QED) is 0.637. The van der Waals surface area contributed by atoms with E-state index in [0.717, 1.165) is 18.1 Å². The summed E-state index contributed by atoms with van der Waals surface area (Å²) in [4.78, 5) is 10.7. The lowest BCUT2D eigenvalue weighted by molar-refractivity contribution is 0.101. The Hall–Kier alpha value is -2.69. The number of phenols is 4. The molecule has 0 amide bonds. The molecule has 0 bridgehead atoms. The summed E-state index contributed by atoms with van der Waals surface area (Å²) in [5.41, 5.74) is 1.08. The first-order valence-corrected chi connectivity index (χ1v) is 6.39. The van der Waals surface area contributed by atoms with Crippen molar-refractivity contribution in [3.63, 3.8) is 0 Å². The average molecular weight is 290 g/mol. The number of Topliss-reactive ketones (excluding diaryl/α,β-unsaturated/α-hetero) is 1. The molecule has 0 aliphatic rings. The smallest absolute Gasteiger partial charge is 0.163 e. The zero-order chi connectivity index (χ0) is 16.0. The number of hydrogen-bond acceptors (Lipinski definition) is 5. The van der Waals surface area contributed by atoms with Crippen LogP contribution in [0.25, 0.3) is 0 Å². The van der Waals surface area contributed by atoms with E-state index < -0.39 is 0 Å². The second-order valence-corrected chi connectivity index (χ2v) is 4.42. The molecule has 0 aliphatic heterocycles. The number of benzene rings is 2. The number of carbonyl (C=O) groups excluding carboxylic acids is 1. The Morgan fingerprint density at radius 1 is 0.905 bits per heavy atom. The van der Waals surface area contributed by atoms with Gasteiger partial charge in [0, 0.05) is 12.1 Å². The fourth-order valence-electron chi connectivity index (χ4n) is 1.67. The van der Waals surface area contributed by atoms with Crippen molar-refractivity contribution in [1.29, 1.82) is 0 Å². The summed E-state index contributed by atoms with van der Waals surface area (Å²) >= 11 is 0. The van der Waals surface area contributed by atoms with Gasteiger partial charge in [0.15, 0.2) is 5.78 Å². The van der Waals surface area contributed by atoms with Gasteiger partial charge in [-0.2, -0.15) is 0 Å². The van der Waals surface area contributed by atoms with Gasteiger partial charge in [0.2, 0.25) is 0 Å². The molecule has 0 radical (unpaired) electrons. The van der Waals surface area contributed by atoms with Gasteiger partial charge in [0.05, 0.1) is 5.56 Å². The van der Waals surface area contributed by atoms with Crippen molar-refractivity contribution < 1.29 is 25.2 Å². The molecular formula is C16H18O5. The van der Waals surface area contributed by atoms with E-state index >= 15 is 0 Å². The zero-order valence-electron chi connectivity index (χ0n) is 11.9. The third kappa shape index (κ3) is 4.72. The predicted molar refractivity (Wildman–Crippen MR) is 78.9 cm³/mol. The summed E-state index contributed by atoms with van der Waals surface area (Å²) in [6.07, 6.45) is 0.784. The molecule has 5 heteroatoms. The molecule has 0 spiro atoms. The number of hydrogen-bond donors (Lipinski definition) is 4. The number of aryl methyl sites for hydroxylation is 1. The van der Waals surface area contributed by atoms with Crippen molar-refractivity contribution >= 4 is 5.78 Å². The van der Waals surface area contributed by atoms with E-state index in [4.69, 9.17) is 20.4 Å². The van der Waals surface area contributed by atoms with E-state index in [0.29, 0.717) is 0 Å². The van der Waals surface area contributed by atoms with Crippen LogP contribution in [0.2, 0.25) is 0 Å². The van der Waals surface area contributed by atoms with Crippen molar-refractivity contribution in [3.05, 3.63) is 47.5 Å². The number of phenolic OH excluding ortho intramolecular Hbond substituents is 4. The van der Waals surface area contributed by atoms with Gasteiger partial charge in [-0.1, -0.05) is 13.0 Å². The summed E-state index contributed by atoms with van der Waals surface area (Å²) in [5, 5.41) is 35.9. The van der Waals surface area contributed by atoms with Gasteiger partial charge >= 0.3 is 0 Å². The van der Waals surface area contributed by atoms with E-state index in [1.54, 1.807) is 12.1 Å². The molecule has 0 aliphatic carbocycles. The zero-order valence-corrected chi connectivity index (χ0v) is 11.9. The fourth-order valence-corrected chi connectivity index (χ4v) is 1.67. The van der Waals surface area contributed by atoms with Crippen LogP contribution in [0.3, 0.4) is 0 Å². The summed E-state index contributed by atoms with van der Waals surface area (Å²) < 4.78 is 0. The fraction of sp³-hybridized carbons (Fsp3) is 0.188. The molecule has 2 aromatic rings. The maximum Gasteiger partial charge on any atom is 0.163 e. The van der Waals surface area contributed by atoms with E-state index in [-0.39, 0.29) is 34.3 Å². The Labute approximate surface area is 122 Å². The van der Waals surface area contributed by atoms with Gasteiger partial charge < -0.3 is 20.4 Å². The normalized spacial score (nSPS) is 9.62. The molecule has 4 N–H and O–H groups in total. The maximum atomic E-state index is 10.7. The summed E-state index contributed by atoms with van der Waals surface area (Å²) in [6, 6.07) is 8.50. The molecular weight excluding hydrogens is 272 g/mol. The van der Waals surface area contributed by atoms with Gasteiger partial charge in [-0.25, -0.2) is 0 Å². The van der Waals surface area contributed by atoms with E-state index in [2.05, 4.69) is 0 Å². The van der Waals surface area contributed by atoms with Crippen LogP contribution in [0.15, 0.2) is 36.4 Å². The lowest BCUT2D eigenvalue weighted by atomic mass is 10.1. The number of carbonyl (C=O) groups is 1. The average Bonchev–Trinajstić information content (AvgIpc) is 2.39. The molecule has 0 fully saturated rings. The second-order valence-electron chi connectivity index (χ2n) is 4.42. The van der Waals surface area contributed by atoms with Crippen molar-refractivity contribution in [3.8, 4) is 23.0 Å². The minimum Gasteiger partial charge on any atom is -0.508 e. The third-order valence-electron chi connectivity index (χ3n) is 2.81. The van der Waals surface area contributed by atoms with Crippen LogP contribution in [0.4, 0.5) is 0 Å². The lowest BCUT2D eigenvalue weighted by Gasteiger charge is -1.99. The Morgan fingerprint density at radius 2 is 1.43 bits per heavy atom. The van der Waals surface area contributed by atoms with Crippen molar-refractivity contribution in [2.75, 3.05) is 0 Å². The first-order valence-electron chi connectivity index (χ1n) is 6.39. The van der Waals surface area contributed by atoms with Crippen LogP contribution in [-0.2, 0) is 6.42 Å². The Bertz CT molecular complexity index is 635. The molecule has 0 atom stereocenters. The molecule has 21 heavy (non-hydrogen) atoms. The topological polar surface area (TPSA) is 98.0 Å². The standard InChI is InChI=1S/C8H8O3.C8H10O2/c1-5(9)7-3-2-6(10)4-8(7)11;1-2-6-3-4-7(9)5-8(6)10/h2-4,10-11H,1H3;3-5,9-10H,2H2,1H3. The summed E-state index contributed by atoms with van der Waals surface area (Å²) in [7, 11) is 0. The highest BCUT2D eigenvalue weighted by Crippen LogP contribution is 2.23. The third-order valence-corrected chi connectivity index (χ3v) is 2.81. The highest BCUT2D eigenvalue weighted by molar-refractivity contribution is 5.96. The van der Waals surface area contributed by atoms with Crippen molar-refractivity contribution in [1.82, 2.24) is 0 Å². The van der Waals surface area contributed by atoms with Gasteiger partial charge in [0.1, 0.15) is 23.0 Å². The minimum atomic E-state index is -0.220. The van der Waals surface area contributed by atoms with E-state index in [1.165, 1.54) is 25.1 Å². The number of rotatable bonds is 2. The largest absolute Gasteiger partial charge is 0.508 e. The lowest BCUT2D eigenvalue weighted by Crippen LogP contribution is -1.91.